The zero-order valence-corrected chi connectivity index (χ0v) is 12.5. The van der Waals surface area contributed by atoms with Crippen LogP contribution in [0.25, 0.3) is 0 Å². The summed E-state index contributed by atoms with van der Waals surface area (Å²) in [4.78, 5) is 29.3. The Morgan fingerprint density at radius 3 is 2.95 bits per heavy atom. The summed E-state index contributed by atoms with van der Waals surface area (Å²) in [5.41, 5.74) is 0.187. The number of hydrogen-bond acceptors (Lipinski definition) is 4. The molecular weight excluding hydrogens is 300 g/mol. The molecule has 0 aliphatic carbocycles. The van der Waals surface area contributed by atoms with Gasteiger partial charge in [0, 0.05) is 17.0 Å². The zero-order chi connectivity index (χ0) is 14.7. The van der Waals surface area contributed by atoms with Gasteiger partial charge in [-0.15, -0.1) is 11.8 Å². The van der Waals surface area contributed by atoms with E-state index < -0.39 is 12.0 Å². The lowest BCUT2D eigenvalue weighted by atomic mass is 10.2. The Morgan fingerprint density at radius 1 is 1.60 bits per heavy atom. The van der Waals surface area contributed by atoms with Gasteiger partial charge in [-0.1, -0.05) is 24.9 Å². The lowest BCUT2D eigenvalue weighted by molar-refractivity contribution is -0.141. The summed E-state index contributed by atoms with van der Waals surface area (Å²) >= 11 is 7.36. The van der Waals surface area contributed by atoms with Crippen molar-refractivity contribution in [1.29, 1.82) is 0 Å². The third kappa shape index (κ3) is 3.07. The van der Waals surface area contributed by atoms with E-state index in [9.17, 15) is 14.7 Å². The number of hydrogen-bond donors (Lipinski definition) is 1. The van der Waals surface area contributed by atoms with Crippen molar-refractivity contribution in [2.45, 2.75) is 31.2 Å². The van der Waals surface area contributed by atoms with Gasteiger partial charge in [0.2, 0.25) is 0 Å². The minimum Gasteiger partial charge on any atom is -0.480 e. The normalized spacial score (nSPS) is 22.0. The van der Waals surface area contributed by atoms with E-state index >= 15 is 0 Å². The second-order valence-corrected chi connectivity index (χ2v) is 6.15. The molecule has 2 unspecified atom stereocenters. The van der Waals surface area contributed by atoms with Crippen molar-refractivity contribution in [3.05, 3.63) is 29.0 Å². The summed E-state index contributed by atoms with van der Waals surface area (Å²) < 4.78 is 0. The van der Waals surface area contributed by atoms with Gasteiger partial charge in [-0.2, -0.15) is 0 Å². The fraction of sp³-hybridized carbons (Fsp3) is 0.462. The summed E-state index contributed by atoms with van der Waals surface area (Å²) in [6.45, 7) is 2.01. The van der Waals surface area contributed by atoms with Crippen molar-refractivity contribution in [3.63, 3.8) is 0 Å². The van der Waals surface area contributed by atoms with E-state index in [2.05, 4.69) is 4.98 Å². The second-order valence-electron chi connectivity index (χ2n) is 4.50. The van der Waals surface area contributed by atoms with Gasteiger partial charge in [-0.05, 0) is 18.6 Å². The van der Waals surface area contributed by atoms with Gasteiger partial charge in [0.1, 0.15) is 11.7 Å². The van der Waals surface area contributed by atoms with E-state index in [1.54, 1.807) is 6.07 Å². The van der Waals surface area contributed by atoms with Crippen molar-refractivity contribution in [3.8, 4) is 0 Å². The molecule has 0 radical (unpaired) electrons. The van der Waals surface area contributed by atoms with Crippen LogP contribution in [0.2, 0.25) is 5.02 Å². The topological polar surface area (TPSA) is 70.5 Å². The number of carboxylic acids is 1. The summed E-state index contributed by atoms with van der Waals surface area (Å²) in [6.07, 6.45) is 3.10. The molecule has 2 rings (SSSR count). The van der Waals surface area contributed by atoms with Crippen molar-refractivity contribution in [2.75, 3.05) is 5.75 Å². The van der Waals surface area contributed by atoms with Gasteiger partial charge in [-0.3, -0.25) is 9.78 Å². The first-order valence-electron chi connectivity index (χ1n) is 6.33. The Bertz CT molecular complexity index is 526. The molecular formula is C13H15ClN2O3S. The smallest absolute Gasteiger partial charge is 0.327 e. The van der Waals surface area contributed by atoms with E-state index in [4.69, 9.17) is 11.6 Å². The van der Waals surface area contributed by atoms with E-state index in [0.29, 0.717) is 10.8 Å². The third-order valence-electron chi connectivity index (χ3n) is 3.09. The van der Waals surface area contributed by atoms with E-state index in [1.807, 2.05) is 6.92 Å². The van der Waals surface area contributed by atoms with Crippen molar-refractivity contribution in [2.24, 2.45) is 0 Å². The third-order valence-corrected chi connectivity index (χ3v) is 4.68. The summed E-state index contributed by atoms with van der Waals surface area (Å²) in [5.74, 6) is -0.943. The highest BCUT2D eigenvalue weighted by atomic mass is 35.5. The number of nitrogens with zero attached hydrogens (tertiary/aromatic N) is 2. The van der Waals surface area contributed by atoms with Crippen LogP contribution < -0.4 is 0 Å². The van der Waals surface area contributed by atoms with Gasteiger partial charge in [0.05, 0.1) is 5.37 Å². The number of rotatable bonds is 4. The van der Waals surface area contributed by atoms with Crippen LogP contribution in [-0.2, 0) is 4.79 Å². The maximum absolute atomic E-state index is 12.5. The lowest BCUT2D eigenvalue weighted by Gasteiger charge is -2.26. The largest absolute Gasteiger partial charge is 0.480 e. The zero-order valence-electron chi connectivity index (χ0n) is 11.0. The fourth-order valence-electron chi connectivity index (χ4n) is 2.15. The number of halogens is 1. The first kappa shape index (κ1) is 15.1. The molecule has 108 valence electrons. The van der Waals surface area contributed by atoms with Crippen molar-refractivity contribution >= 4 is 35.2 Å². The van der Waals surface area contributed by atoms with Crippen LogP contribution in [0.5, 0.6) is 0 Å². The number of aromatic nitrogens is 1. The molecule has 5 nitrogen and oxygen atoms in total. The Morgan fingerprint density at radius 2 is 2.35 bits per heavy atom. The number of aliphatic carboxylic acids is 1. The molecule has 1 aliphatic rings. The number of pyridine rings is 1. The average Bonchev–Trinajstić information content (AvgIpc) is 2.82. The summed E-state index contributed by atoms with van der Waals surface area (Å²) in [7, 11) is 0. The molecule has 2 heterocycles. The molecule has 1 saturated heterocycles. The van der Waals surface area contributed by atoms with Gasteiger partial charge in [-0.25, -0.2) is 4.79 Å². The van der Waals surface area contributed by atoms with Crippen molar-refractivity contribution < 1.29 is 14.7 Å². The molecule has 0 bridgehead atoms. The number of carbonyl (C=O) groups is 2. The molecule has 7 heteroatoms. The molecule has 2 atom stereocenters. The molecule has 1 aromatic rings. The summed E-state index contributed by atoms with van der Waals surface area (Å²) in [5, 5.41) is 9.56. The van der Waals surface area contributed by atoms with Crippen LogP contribution in [0.3, 0.4) is 0 Å². The van der Waals surface area contributed by atoms with Crippen LogP contribution in [0.4, 0.5) is 0 Å². The quantitative estimate of drug-likeness (QED) is 0.924. The first-order valence-corrected chi connectivity index (χ1v) is 7.76. The molecule has 1 amide bonds. The predicted octanol–water partition coefficient (Wildman–Crippen LogP) is 2.50. The molecule has 1 N–H and O–H groups in total. The highest BCUT2D eigenvalue weighted by Gasteiger charge is 2.41. The molecule has 0 aromatic carbocycles. The Kier molecular flexibility index (Phi) is 4.88. The van der Waals surface area contributed by atoms with Gasteiger partial charge >= 0.3 is 5.97 Å². The number of amides is 1. The highest BCUT2D eigenvalue weighted by Crippen LogP contribution is 2.33. The molecule has 0 saturated carbocycles. The maximum Gasteiger partial charge on any atom is 0.327 e. The van der Waals surface area contributed by atoms with E-state index in [-0.39, 0.29) is 17.0 Å². The fourth-order valence-corrected chi connectivity index (χ4v) is 3.82. The molecule has 1 aromatic heterocycles. The molecule has 1 fully saturated rings. The number of carboxylic acid groups (broad SMARTS) is 1. The first-order chi connectivity index (χ1) is 9.54. The Labute approximate surface area is 126 Å². The van der Waals surface area contributed by atoms with Crippen LogP contribution >= 0.6 is 23.4 Å². The molecule has 0 spiro atoms. The predicted molar refractivity (Wildman–Crippen MR) is 78.0 cm³/mol. The van der Waals surface area contributed by atoms with Gasteiger partial charge in [0.15, 0.2) is 0 Å². The maximum atomic E-state index is 12.5. The number of thioether (sulfide) groups is 1. The second kappa shape index (κ2) is 6.45. The summed E-state index contributed by atoms with van der Waals surface area (Å²) in [6, 6.07) is 2.24. The number of carbonyl (C=O) groups excluding carboxylic acids is 1. The highest BCUT2D eigenvalue weighted by molar-refractivity contribution is 8.00. The van der Waals surface area contributed by atoms with Gasteiger partial charge < -0.3 is 10.0 Å². The van der Waals surface area contributed by atoms with Crippen LogP contribution in [0, 0.1) is 0 Å². The SMILES string of the molecule is CCCC1SCC(C(=O)O)N1C(=O)c1cc(Cl)ccn1. The molecule has 20 heavy (non-hydrogen) atoms. The Hall–Kier alpha value is -1.27. The van der Waals surface area contributed by atoms with Crippen LogP contribution in [0.1, 0.15) is 30.3 Å². The average molecular weight is 315 g/mol. The van der Waals surface area contributed by atoms with Crippen molar-refractivity contribution in [1.82, 2.24) is 9.88 Å². The van der Waals surface area contributed by atoms with E-state index in [0.717, 1.165) is 12.8 Å². The van der Waals surface area contributed by atoms with Gasteiger partial charge in [0.25, 0.3) is 5.91 Å². The van der Waals surface area contributed by atoms with Crippen LogP contribution in [-0.4, -0.2) is 44.0 Å². The monoisotopic (exact) mass is 314 g/mol. The molecule has 1 aliphatic heterocycles. The standard InChI is InChI=1S/C13H15ClN2O3S/c1-2-3-11-16(10(7-20-11)13(18)19)12(17)9-6-8(14)4-5-15-9/h4-6,10-11H,2-3,7H2,1H3,(H,18,19). The van der Waals surface area contributed by atoms with E-state index in [1.165, 1.54) is 28.9 Å². The van der Waals surface area contributed by atoms with Crippen LogP contribution in [0.15, 0.2) is 18.3 Å². The minimum absolute atomic E-state index is 0.116. The Balaban J connectivity index is 2.29. The minimum atomic E-state index is -0.980. The lowest BCUT2D eigenvalue weighted by Crippen LogP contribution is -2.45.